The Morgan fingerprint density at radius 3 is 2.19 bits per heavy atom. The van der Waals surface area contributed by atoms with Crippen molar-refractivity contribution in [2.45, 2.75) is 70.2 Å². The summed E-state index contributed by atoms with van der Waals surface area (Å²) in [5.41, 5.74) is 7.60. The molecule has 2 saturated heterocycles. The summed E-state index contributed by atoms with van der Waals surface area (Å²) in [5.74, 6) is 0.333. The van der Waals surface area contributed by atoms with Crippen molar-refractivity contribution in [3.63, 3.8) is 0 Å². The molecule has 52 heavy (non-hydrogen) atoms. The normalized spacial score (nSPS) is 19.3. The van der Waals surface area contributed by atoms with Crippen LogP contribution in [-0.2, 0) is 32.2 Å². The molecule has 12 nitrogen and oxygen atoms in total. The minimum atomic E-state index is -0.539. The van der Waals surface area contributed by atoms with Gasteiger partial charge in [-0.2, -0.15) is 0 Å². The van der Waals surface area contributed by atoms with Gasteiger partial charge in [0, 0.05) is 76.5 Å². The Labute approximate surface area is 304 Å². The highest BCUT2D eigenvalue weighted by Crippen LogP contribution is 2.39. The highest BCUT2D eigenvalue weighted by Gasteiger charge is 2.34. The molecule has 0 radical (unpaired) electrons. The molecule has 0 spiro atoms. The van der Waals surface area contributed by atoms with Crippen LogP contribution in [0.25, 0.3) is 11.1 Å². The first-order chi connectivity index (χ1) is 25.5. The minimum absolute atomic E-state index is 0.000567. The van der Waals surface area contributed by atoms with Gasteiger partial charge in [-0.25, -0.2) is 15.4 Å². The summed E-state index contributed by atoms with van der Waals surface area (Å²) in [5, 5.41) is 21.1. The third-order valence-corrected chi connectivity index (χ3v) is 9.65. The van der Waals surface area contributed by atoms with E-state index in [9.17, 15) is 14.7 Å². The second-order valence-corrected chi connectivity index (χ2v) is 13.4. The number of rotatable bonds is 15. The summed E-state index contributed by atoms with van der Waals surface area (Å²) in [6.07, 6.45) is 6.24. The summed E-state index contributed by atoms with van der Waals surface area (Å²) in [4.78, 5) is 37.0. The minimum Gasteiger partial charge on any atom is -0.392 e. The molecule has 0 unspecified atom stereocenters. The van der Waals surface area contributed by atoms with Crippen molar-refractivity contribution in [3.8, 4) is 11.1 Å². The quantitative estimate of drug-likeness (QED) is 0.0749. The van der Waals surface area contributed by atoms with E-state index in [1.807, 2.05) is 42.5 Å². The SMILES string of the molecule is O=C(CCCCCC(=O)NCc1cccc(-c2ccc([C@H]3O[C@@H](CN4CCN(c5ncccn5)CC4)C[C@@H](c4ccc(CO)cc4)O3)cc2)c1)NO. The number of piperazine rings is 1. The van der Waals surface area contributed by atoms with Crippen LogP contribution in [0.15, 0.2) is 91.3 Å². The average molecular weight is 709 g/mol. The maximum absolute atomic E-state index is 12.4. The Hall–Kier alpha value is -4.72. The van der Waals surface area contributed by atoms with E-state index in [2.05, 4.69) is 61.5 Å². The topological polar surface area (TPSA) is 149 Å². The van der Waals surface area contributed by atoms with E-state index in [1.54, 1.807) is 17.9 Å². The van der Waals surface area contributed by atoms with E-state index in [1.165, 1.54) is 0 Å². The van der Waals surface area contributed by atoms with Crippen molar-refractivity contribution in [2.24, 2.45) is 0 Å². The maximum atomic E-state index is 12.4. The summed E-state index contributed by atoms with van der Waals surface area (Å²) in [6.45, 7) is 4.72. The molecule has 0 aliphatic carbocycles. The summed E-state index contributed by atoms with van der Waals surface area (Å²) in [6, 6.07) is 26.2. The number of aromatic nitrogens is 2. The smallest absolute Gasteiger partial charge is 0.243 e. The Kier molecular flexibility index (Phi) is 13.3. The van der Waals surface area contributed by atoms with Crippen LogP contribution in [0.2, 0.25) is 0 Å². The highest BCUT2D eigenvalue weighted by molar-refractivity contribution is 5.76. The van der Waals surface area contributed by atoms with Crippen LogP contribution in [0, 0.1) is 0 Å². The monoisotopic (exact) mass is 708 g/mol. The van der Waals surface area contributed by atoms with Gasteiger partial charge >= 0.3 is 0 Å². The number of amides is 2. The van der Waals surface area contributed by atoms with Crippen LogP contribution in [0.3, 0.4) is 0 Å². The molecule has 12 heteroatoms. The van der Waals surface area contributed by atoms with Gasteiger partial charge in [-0.1, -0.05) is 73.2 Å². The third-order valence-electron chi connectivity index (χ3n) is 9.65. The molecular formula is C40H48N6O6. The maximum Gasteiger partial charge on any atom is 0.243 e. The number of carbonyl (C=O) groups excluding carboxylic acids is 2. The van der Waals surface area contributed by atoms with E-state index < -0.39 is 12.2 Å². The van der Waals surface area contributed by atoms with E-state index >= 15 is 0 Å². The van der Waals surface area contributed by atoms with Crippen LogP contribution >= 0.6 is 0 Å². The van der Waals surface area contributed by atoms with Crippen molar-refractivity contribution in [3.05, 3.63) is 114 Å². The first kappa shape index (κ1) is 37.1. The predicted molar refractivity (Wildman–Crippen MR) is 196 cm³/mol. The zero-order valence-corrected chi connectivity index (χ0v) is 29.4. The summed E-state index contributed by atoms with van der Waals surface area (Å²) < 4.78 is 13.3. The van der Waals surface area contributed by atoms with E-state index in [4.69, 9.17) is 14.7 Å². The molecule has 4 N–H and O–H groups in total. The lowest BCUT2D eigenvalue weighted by molar-refractivity contribution is -0.253. The van der Waals surface area contributed by atoms with Gasteiger partial charge in [0.05, 0.1) is 18.8 Å². The standard InChI is InChI=1S/C40H48N6O6/c47-28-29-10-12-32(13-11-29)36-25-35(27-45-20-22-46(23-21-45)40-41-18-5-19-42-40)51-39(52-36)33-16-14-31(15-17-33)34-7-4-6-30(24-34)26-43-37(48)8-2-1-3-9-38(49)44-50/h4-7,10-19,24,35-36,39,47,50H,1-3,8-9,20-23,25-28H2,(H,43,48)(H,44,49)/t35-,36+,39+/m1/s1. The van der Waals surface area contributed by atoms with E-state index in [-0.39, 0.29) is 31.1 Å². The molecule has 0 saturated carbocycles. The molecule has 2 amide bonds. The Balaban J connectivity index is 1.06. The Bertz CT molecular complexity index is 1720. The number of anilines is 1. The molecule has 6 rings (SSSR count). The molecule has 3 atom stereocenters. The molecule has 3 aromatic carbocycles. The molecule has 274 valence electrons. The lowest BCUT2D eigenvalue weighted by Gasteiger charge is -2.40. The van der Waals surface area contributed by atoms with Gasteiger partial charge in [0.15, 0.2) is 6.29 Å². The number of nitrogens with zero attached hydrogens (tertiary/aromatic N) is 4. The van der Waals surface area contributed by atoms with Gasteiger partial charge in [-0.05, 0) is 52.8 Å². The molecule has 2 aliphatic heterocycles. The molecular weight excluding hydrogens is 660 g/mol. The summed E-state index contributed by atoms with van der Waals surface area (Å²) in [7, 11) is 0. The largest absolute Gasteiger partial charge is 0.392 e. The molecule has 2 aliphatic rings. The van der Waals surface area contributed by atoms with E-state index in [0.717, 1.165) is 84.9 Å². The zero-order valence-electron chi connectivity index (χ0n) is 29.4. The fraction of sp³-hybridized carbons (Fsp3) is 0.400. The number of hydrogen-bond donors (Lipinski definition) is 4. The van der Waals surface area contributed by atoms with Crippen LogP contribution in [0.5, 0.6) is 0 Å². The van der Waals surface area contributed by atoms with Crippen molar-refractivity contribution < 1.29 is 29.4 Å². The number of benzene rings is 3. The number of hydroxylamine groups is 1. The number of unbranched alkanes of at least 4 members (excludes halogenated alkanes) is 2. The van der Waals surface area contributed by atoms with Gasteiger partial charge in [0.1, 0.15) is 0 Å². The molecule has 0 bridgehead atoms. The number of aliphatic hydroxyl groups is 1. The molecule has 2 fully saturated rings. The van der Waals surface area contributed by atoms with Gasteiger partial charge in [0.2, 0.25) is 17.8 Å². The Morgan fingerprint density at radius 2 is 1.48 bits per heavy atom. The second kappa shape index (κ2) is 18.7. The van der Waals surface area contributed by atoms with Crippen molar-refractivity contribution in [1.82, 2.24) is 25.7 Å². The third kappa shape index (κ3) is 10.4. The second-order valence-electron chi connectivity index (χ2n) is 13.4. The number of carbonyl (C=O) groups is 2. The number of hydrogen-bond acceptors (Lipinski definition) is 10. The van der Waals surface area contributed by atoms with Gasteiger partial charge < -0.3 is 24.8 Å². The summed E-state index contributed by atoms with van der Waals surface area (Å²) >= 11 is 0. The van der Waals surface area contributed by atoms with Crippen LogP contribution in [0.1, 0.15) is 73.2 Å². The fourth-order valence-electron chi connectivity index (χ4n) is 6.69. The number of aliphatic hydroxyl groups excluding tert-OH is 1. The molecule has 1 aromatic heterocycles. The fourth-order valence-corrected chi connectivity index (χ4v) is 6.69. The first-order valence-corrected chi connectivity index (χ1v) is 18.1. The van der Waals surface area contributed by atoms with Crippen molar-refractivity contribution >= 4 is 17.8 Å². The predicted octanol–water partition coefficient (Wildman–Crippen LogP) is 5.08. The van der Waals surface area contributed by atoms with Crippen LogP contribution in [0.4, 0.5) is 5.95 Å². The van der Waals surface area contributed by atoms with Crippen molar-refractivity contribution in [2.75, 3.05) is 37.6 Å². The van der Waals surface area contributed by atoms with Crippen LogP contribution < -0.4 is 15.7 Å². The van der Waals surface area contributed by atoms with Crippen molar-refractivity contribution in [1.29, 1.82) is 0 Å². The van der Waals surface area contributed by atoms with Crippen LogP contribution in [-0.4, -0.2) is 75.8 Å². The number of ether oxygens (including phenoxy) is 2. The Morgan fingerprint density at radius 1 is 0.769 bits per heavy atom. The van der Waals surface area contributed by atoms with Gasteiger partial charge in [0.25, 0.3) is 0 Å². The number of nitrogens with one attached hydrogen (secondary N) is 2. The lowest BCUT2D eigenvalue weighted by Crippen LogP contribution is -2.50. The lowest BCUT2D eigenvalue weighted by atomic mass is 9.98. The average Bonchev–Trinajstić information content (AvgIpc) is 3.20. The molecule has 4 aromatic rings. The zero-order chi connectivity index (χ0) is 36.1. The molecule has 3 heterocycles. The van der Waals surface area contributed by atoms with Gasteiger partial charge in [-0.15, -0.1) is 0 Å². The highest BCUT2D eigenvalue weighted by atomic mass is 16.7. The van der Waals surface area contributed by atoms with E-state index in [0.29, 0.717) is 25.8 Å². The van der Waals surface area contributed by atoms with Gasteiger partial charge in [-0.3, -0.25) is 19.7 Å². The first-order valence-electron chi connectivity index (χ1n) is 18.1.